The summed E-state index contributed by atoms with van der Waals surface area (Å²) in [5.41, 5.74) is 13.9. The quantitative estimate of drug-likeness (QED) is 0.0629. The summed E-state index contributed by atoms with van der Waals surface area (Å²) in [4.78, 5) is 45.0. The lowest BCUT2D eigenvalue weighted by Crippen LogP contribution is -2.36. The van der Waals surface area contributed by atoms with Crippen molar-refractivity contribution < 1.29 is 69.3 Å². The zero-order chi connectivity index (χ0) is 48.2. The molecule has 3 aromatic rings. The van der Waals surface area contributed by atoms with Crippen LogP contribution in [0.15, 0.2) is 51.2 Å². The van der Waals surface area contributed by atoms with Crippen LogP contribution in [0.3, 0.4) is 0 Å². The molecule has 31 heteroatoms. The lowest BCUT2D eigenvalue weighted by molar-refractivity contribution is -0.0549. The van der Waals surface area contributed by atoms with E-state index in [9.17, 15) is 49.6 Å². The van der Waals surface area contributed by atoms with Gasteiger partial charge in [-0.3, -0.25) is 18.3 Å². The molecule has 3 aromatic heterocycles. The first-order valence-corrected chi connectivity index (χ1v) is 22.3. The van der Waals surface area contributed by atoms with Crippen LogP contribution in [0, 0.1) is 0 Å². The molecule has 28 nitrogen and oxygen atoms in total. The van der Waals surface area contributed by atoms with Gasteiger partial charge in [0.15, 0.2) is 18.7 Å². The Balaban J connectivity index is 0.000000190. The molecule has 4 aliphatic heterocycles. The summed E-state index contributed by atoms with van der Waals surface area (Å²) in [7, 11) is -2.84. The summed E-state index contributed by atoms with van der Waals surface area (Å²) >= 11 is 11.2. The zero-order valence-corrected chi connectivity index (χ0v) is 36.7. The van der Waals surface area contributed by atoms with Crippen molar-refractivity contribution in [3.8, 4) is 0 Å². The van der Waals surface area contributed by atoms with Crippen LogP contribution in [-0.2, 0) is 23.3 Å². The van der Waals surface area contributed by atoms with Gasteiger partial charge in [0.2, 0.25) is 0 Å². The highest BCUT2D eigenvalue weighted by Crippen LogP contribution is 2.48. The van der Waals surface area contributed by atoms with Crippen LogP contribution in [-0.4, -0.2) is 192 Å². The van der Waals surface area contributed by atoms with E-state index in [1.54, 1.807) is 4.67 Å². The molecule has 7 heterocycles. The molecule has 0 aliphatic carbocycles. The van der Waals surface area contributed by atoms with Gasteiger partial charge < -0.3 is 81.9 Å². The van der Waals surface area contributed by atoms with Crippen molar-refractivity contribution in [1.82, 2.24) is 38.4 Å². The monoisotopic (exact) mass is 989 g/mol. The summed E-state index contributed by atoms with van der Waals surface area (Å²) in [6.07, 6.45) is -8.91. The van der Waals surface area contributed by atoms with Gasteiger partial charge in [0, 0.05) is 50.0 Å². The van der Waals surface area contributed by atoms with Crippen LogP contribution in [0.25, 0.3) is 0 Å². The number of rotatable bonds is 11. The predicted molar refractivity (Wildman–Crippen MR) is 227 cm³/mol. The van der Waals surface area contributed by atoms with Crippen molar-refractivity contribution in [3.05, 3.63) is 68.2 Å². The van der Waals surface area contributed by atoms with E-state index in [-0.39, 0.29) is 17.5 Å². The van der Waals surface area contributed by atoms with Gasteiger partial charge in [0.1, 0.15) is 72.4 Å². The third kappa shape index (κ3) is 13.5. The smallest absolute Gasteiger partial charge is 0.351 e. The highest BCUT2D eigenvalue weighted by atomic mass is 35.5. The first kappa shape index (κ1) is 53.9. The van der Waals surface area contributed by atoms with E-state index in [1.165, 1.54) is 36.8 Å². The molecule has 4 saturated heterocycles. The maximum atomic E-state index is 12.2. The van der Waals surface area contributed by atoms with Crippen LogP contribution in [0.4, 0.5) is 17.5 Å². The van der Waals surface area contributed by atoms with Gasteiger partial charge in [-0.2, -0.15) is 15.0 Å². The van der Waals surface area contributed by atoms with Crippen molar-refractivity contribution in [1.29, 1.82) is 0 Å². The van der Waals surface area contributed by atoms with E-state index in [0.29, 0.717) is 31.5 Å². The third-order valence-electron chi connectivity index (χ3n) is 9.89. The summed E-state index contributed by atoms with van der Waals surface area (Å²) < 4.78 is 37.7. The van der Waals surface area contributed by atoms with Crippen molar-refractivity contribution in [2.45, 2.75) is 80.0 Å². The maximum Gasteiger partial charge on any atom is 0.351 e. The predicted octanol–water partition coefficient (Wildman–Crippen LogP) is -5.80. The number of hydrogen-bond donors (Lipinski definition) is 13. The average Bonchev–Trinajstić information content (AvgIpc) is 3.85. The minimum Gasteiger partial charge on any atom is -0.394 e. The molecule has 0 spiro atoms. The van der Waals surface area contributed by atoms with E-state index in [2.05, 4.69) is 20.0 Å². The SMILES string of the molecule is Nc1ccn([C@@H]2O[C@H](CO)[C@@H](O)[C@@H]2O)c(=O)n1.Nc1ccn([C@@H]2O[C@H](CO)[C@@H](O)[C@@H]2O)c(=O)n1.Nc1ccn([C@@H]2O[C@H](CO)[C@@H](O)[C@@H]2O)c(=O)n1.O=P1(N(CCCl)CCCl)NCCCO1. The number of halogens is 2. The van der Waals surface area contributed by atoms with E-state index in [4.69, 9.17) is 74.5 Å². The lowest BCUT2D eigenvalue weighted by atomic mass is 10.1. The second-order valence-corrected chi connectivity index (χ2v) is 17.2. The Kier molecular flexibility index (Phi) is 20.6. The molecular formula is C34H54Cl2N11O17P. The summed E-state index contributed by atoms with van der Waals surface area (Å²) in [5.74, 6) is 1.01. The fourth-order valence-electron chi connectivity index (χ4n) is 6.47. The summed E-state index contributed by atoms with van der Waals surface area (Å²) in [6, 6.07) is 4.11. The normalized spacial score (nSPS) is 31.9. The number of ether oxygens (including phenoxy) is 3. The Morgan fingerprint density at radius 3 is 1.18 bits per heavy atom. The minimum absolute atomic E-state index is 0.0537. The number of aliphatic hydroxyl groups excluding tert-OH is 9. The van der Waals surface area contributed by atoms with Gasteiger partial charge in [-0.05, 0) is 24.6 Å². The number of nitrogen functional groups attached to an aromatic ring is 3. The molecule has 0 aromatic carbocycles. The Bertz CT molecular complexity index is 1980. The molecule has 16 N–H and O–H groups in total. The number of aliphatic hydroxyl groups is 9. The third-order valence-corrected chi connectivity index (χ3v) is 12.5. The number of alkyl halides is 2. The van der Waals surface area contributed by atoms with Crippen molar-refractivity contribution >= 4 is 48.3 Å². The second kappa shape index (κ2) is 24.9. The topological polar surface area (TPSA) is 434 Å². The average molecular weight is 991 g/mol. The number of hydrogen-bond acceptors (Lipinski definition) is 23. The van der Waals surface area contributed by atoms with Gasteiger partial charge in [-0.1, -0.05) is 0 Å². The Labute approximate surface area is 378 Å². The fourth-order valence-corrected chi connectivity index (χ4v) is 9.11. The van der Waals surface area contributed by atoms with E-state index < -0.39 is 118 Å². The molecule has 7 rings (SSSR count). The standard InChI is InChI=1S/3C9H13N3O5.C7H15Cl2N2O2P/c3*10-5-1-2-12(9(16)11-5)8-7(15)6(14)4(3-13)17-8;8-2-5-11(6-3-9)14(12)10-4-1-7-13-14/h3*1-2,4,6-8,13-15H,3H2,(H2,10,11,16);1-7H2,(H,10,12)/t3*4-,6-,7+,8-;/m111./s1. The van der Waals surface area contributed by atoms with Crippen molar-refractivity contribution in [2.24, 2.45) is 0 Å². The molecule has 0 amide bonds. The summed E-state index contributed by atoms with van der Waals surface area (Å²) in [6.45, 7) is 0.949. The number of anilines is 3. The minimum atomic E-state index is -2.84. The zero-order valence-electron chi connectivity index (χ0n) is 34.3. The lowest BCUT2D eigenvalue weighted by Gasteiger charge is -2.33. The number of nitrogens with one attached hydrogen (secondary N) is 1. The van der Waals surface area contributed by atoms with Gasteiger partial charge in [0.25, 0.3) is 0 Å². The van der Waals surface area contributed by atoms with Gasteiger partial charge in [-0.15, -0.1) is 23.2 Å². The highest BCUT2D eigenvalue weighted by molar-refractivity contribution is 7.54. The van der Waals surface area contributed by atoms with E-state index in [1.807, 2.05) is 0 Å². The van der Waals surface area contributed by atoms with Crippen LogP contribution in [0.5, 0.6) is 0 Å². The van der Waals surface area contributed by atoms with Crippen molar-refractivity contribution in [3.63, 3.8) is 0 Å². The highest BCUT2D eigenvalue weighted by Gasteiger charge is 2.46. The molecular weight excluding hydrogens is 936 g/mol. The van der Waals surface area contributed by atoms with Gasteiger partial charge in [-0.25, -0.2) is 24.1 Å². The molecule has 0 bridgehead atoms. The molecule has 4 aliphatic rings. The largest absolute Gasteiger partial charge is 0.394 e. The van der Waals surface area contributed by atoms with Gasteiger partial charge in [0.05, 0.1) is 26.4 Å². The molecule has 65 heavy (non-hydrogen) atoms. The number of aromatic nitrogens is 6. The molecule has 0 saturated carbocycles. The Hall–Kier alpha value is -3.75. The second-order valence-electron chi connectivity index (χ2n) is 14.3. The first-order valence-electron chi connectivity index (χ1n) is 19.6. The first-order chi connectivity index (χ1) is 30.8. The maximum absolute atomic E-state index is 12.2. The Morgan fingerprint density at radius 1 is 0.631 bits per heavy atom. The molecule has 366 valence electrons. The van der Waals surface area contributed by atoms with Gasteiger partial charge >= 0.3 is 24.7 Å². The van der Waals surface area contributed by atoms with E-state index in [0.717, 1.165) is 26.7 Å². The van der Waals surface area contributed by atoms with Crippen LogP contribution < -0.4 is 39.4 Å². The van der Waals surface area contributed by atoms with E-state index >= 15 is 0 Å². The molecule has 0 radical (unpaired) electrons. The van der Waals surface area contributed by atoms with Crippen LogP contribution in [0.2, 0.25) is 0 Å². The molecule has 4 fully saturated rings. The van der Waals surface area contributed by atoms with Crippen molar-refractivity contribution in [2.75, 3.05) is 75.0 Å². The molecule has 1 unspecified atom stereocenters. The number of nitrogens with zero attached hydrogens (tertiary/aromatic N) is 7. The van der Waals surface area contributed by atoms with Crippen LogP contribution >= 0.6 is 30.9 Å². The fraction of sp³-hybridized carbons (Fsp3) is 0.647. The Morgan fingerprint density at radius 2 is 0.954 bits per heavy atom. The summed E-state index contributed by atoms with van der Waals surface area (Å²) in [5, 5.41) is 87.4. The molecule has 13 atom stereocenters. The number of nitrogens with two attached hydrogens (primary N) is 3. The van der Waals surface area contributed by atoms with Crippen LogP contribution in [0.1, 0.15) is 25.1 Å².